The monoisotopic (exact) mass is 238 g/mol. The molecule has 0 heterocycles. The van der Waals surface area contributed by atoms with Crippen molar-refractivity contribution in [3.8, 4) is 11.8 Å². The van der Waals surface area contributed by atoms with Gasteiger partial charge in [-0.05, 0) is 46.5 Å². The summed E-state index contributed by atoms with van der Waals surface area (Å²) in [5.74, 6) is 5.23. The van der Waals surface area contributed by atoms with Gasteiger partial charge in [-0.1, -0.05) is 18.3 Å². The Hall–Kier alpha value is -1.01. The van der Waals surface area contributed by atoms with Crippen LogP contribution in [0.2, 0.25) is 0 Å². The fraction of sp³-hybridized carbons (Fsp3) is 0.786. The summed E-state index contributed by atoms with van der Waals surface area (Å²) in [7, 11) is 0. The van der Waals surface area contributed by atoms with Gasteiger partial charge in [-0.15, -0.1) is 0 Å². The van der Waals surface area contributed by atoms with Crippen molar-refractivity contribution in [1.29, 1.82) is 0 Å². The van der Waals surface area contributed by atoms with E-state index in [0.29, 0.717) is 12.8 Å². The first-order chi connectivity index (χ1) is 7.81. The number of hydrogen-bond acceptors (Lipinski definition) is 3. The molecule has 1 N–H and O–H groups in total. The molecule has 0 amide bonds. The third-order valence-corrected chi connectivity index (χ3v) is 2.65. The van der Waals surface area contributed by atoms with Crippen LogP contribution in [0.5, 0.6) is 0 Å². The maximum Gasteiger partial charge on any atom is 0.318 e. The van der Waals surface area contributed by atoms with E-state index in [1.165, 1.54) is 0 Å². The molecule has 96 valence electrons. The Morgan fingerprint density at radius 1 is 1.29 bits per heavy atom. The van der Waals surface area contributed by atoms with Gasteiger partial charge in [0.05, 0.1) is 0 Å². The van der Waals surface area contributed by atoms with Gasteiger partial charge < -0.3 is 9.84 Å². The normalized spacial score (nSPS) is 19.1. The quantitative estimate of drug-likeness (QED) is 0.563. The van der Waals surface area contributed by atoms with Crippen LogP contribution in [-0.4, -0.2) is 22.3 Å². The molecule has 0 spiro atoms. The molecule has 1 saturated carbocycles. The molecule has 0 aromatic rings. The molecule has 1 aliphatic rings. The standard InChI is InChI=1S/C14H22O3/c1-13(2,3)17-12(15)8-7-11-14(16)9-5-4-6-10-14/h16H,4-6,8-10H2,1-3H3. The van der Waals surface area contributed by atoms with Gasteiger partial charge in [0.1, 0.15) is 17.6 Å². The molecule has 0 radical (unpaired) electrons. The van der Waals surface area contributed by atoms with Gasteiger partial charge in [-0.3, -0.25) is 4.79 Å². The van der Waals surface area contributed by atoms with Crippen LogP contribution in [-0.2, 0) is 9.53 Å². The number of hydrogen-bond donors (Lipinski definition) is 1. The van der Waals surface area contributed by atoms with Crippen LogP contribution in [0.15, 0.2) is 0 Å². The van der Waals surface area contributed by atoms with Gasteiger partial charge in [-0.25, -0.2) is 0 Å². The van der Waals surface area contributed by atoms with Gasteiger partial charge in [0.15, 0.2) is 0 Å². The topological polar surface area (TPSA) is 46.5 Å². The van der Waals surface area contributed by atoms with Crippen LogP contribution in [0, 0.1) is 11.8 Å². The molecule has 3 heteroatoms. The minimum atomic E-state index is -0.875. The van der Waals surface area contributed by atoms with Crippen LogP contribution in [0.25, 0.3) is 0 Å². The summed E-state index contributed by atoms with van der Waals surface area (Å²) in [5.41, 5.74) is -1.35. The summed E-state index contributed by atoms with van der Waals surface area (Å²) in [6, 6.07) is 0. The number of aliphatic hydroxyl groups is 1. The van der Waals surface area contributed by atoms with E-state index in [9.17, 15) is 9.90 Å². The molecule has 0 aromatic heterocycles. The summed E-state index contributed by atoms with van der Waals surface area (Å²) >= 11 is 0. The highest BCUT2D eigenvalue weighted by Gasteiger charge is 2.26. The van der Waals surface area contributed by atoms with E-state index in [2.05, 4.69) is 11.8 Å². The maximum atomic E-state index is 11.4. The Morgan fingerprint density at radius 2 is 1.88 bits per heavy atom. The van der Waals surface area contributed by atoms with Crippen molar-refractivity contribution in [3.05, 3.63) is 0 Å². The molecule has 0 saturated heterocycles. The van der Waals surface area contributed by atoms with Gasteiger partial charge in [0, 0.05) is 0 Å². The minimum absolute atomic E-state index is 0.0551. The molecule has 0 aromatic carbocycles. The van der Waals surface area contributed by atoms with Gasteiger partial charge >= 0.3 is 5.97 Å². The summed E-state index contributed by atoms with van der Waals surface area (Å²) < 4.78 is 5.14. The van der Waals surface area contributed by atoms with E-state index in [1.54, 1.807) is 0 Å². The molecule has 1 aliphatic carbocycles. The molecule has 17 heavy (non-hydrogen) atoms. The Kier molecular flexibility index (Phi) is 4.59. The Morgan fingerprint density at radius 3 is 2.41 bits per heavy atom. The van der Waals surface area contributed by atoms with Crippen LogP contribution < -0.4 is 0 Å². The SMILES string of the molecule is CC(C)(C)OC(=O)CC#CC1(O)CCCCC1. The molecule has 0 aliphatic heterocycles. The van der Waals surface area contributed by atoms with Crippen LogP contribution in [0.3, 0.4) is 0 Å². The summed E-state index contributed by atoms with van der Waals surface area (Å²) in [6.07, 6.45) is 4.67. The molecular weight excluding hydrogens is 216 g/mol. The zero-order chi connectivity index (χ0) is 12.9. The molecule has 0 atom stereocenters. The molecular formula is C14H22O3. The number of ether oxygens (including phenoxy) is 1. The van der Waals surface area contributed by atoms with Crippen molar-refractivity contribution < 1.29 is 14.6 Å². The third-order valence-electron chi connectivity index (χ3n) is 2.65. The second-order valence-corrected chi connectivity index (χ2v) is 5.66. The lowest BCUT2D eigenvalue weighted by atomic mass is 9.85. The van der Waals surface area contributed by atoms with Crippen molar-refractivity contribution in [3.63, 3.8) is 0 Å². The summed E-state index contributed by atoms with van der Waals surface area (Å²) in [5, 5.41) is 10.1. The fourth-order valence-corrected chi connectivity index (χ4v) is 1.92. The predicted molar refractivity (Wildman–Crippen MR) is 66.3 cm³/mol. The first-order valence-corrected chi connectivity index (χ1v) is 6.25. The summed E-state index contributed by atoms with van der Waals surface area (Å²) in [4.78, 5) is 11.4. The first-order valence-electron chi connectivity index (χ1n) is 6.25. The lowest BCUT2D eigenvalue weighted by Gasteiger charge is -2.26. The largest absolute Gasteiger partial charge is 0.459 e. The van der Waals surface area contributed by atoms with E-state index in [4.69, 9.17) is 4.74 Å². The van der Waals surface area contributed by atoms with E-state index in [0.717, 1.165) is 19.3 Å². The number of carbonyl (C=O) groups is 1. The number of rotatable bonds is 1. The predicted octanol–water partition coefficient (Wildman–Crippen LogP) is 2.42. The van der Waals surface area contributed by atoms with E-state index >= 15 is 0 Å². The van der Waals surface area contributed by atoms with Crippen molar-refractivity contribution >= 4 is 5.97 Å². The summed E-state index contributed by atoms with van der Waals surface area (Å²) in [6.45, 7) is 5.48. The van der Waals surface area contributed by atoms with Crippen molar-refractivity contribution in [2.45, 2.75) is 70.5 Å². The molecule has 1 fully saturated rings. The Balaban J connectivity index is 2.42. The Bertz CT molecular complexity index is 322. The molecule has 1 rings (SSSR count). The maximum absolute atomic E-state index is 11.4. The molecule has 0 unspecified atom stereocenters. The molecule has 0 bridgehead atoms. The van der Waals surface area contributed by atoms with Crippen LogP contribution in [0.4, 0.5) is 0 Å². The average molecular weight is 238 g/mol. The molecule has 3 nitrogen and oxygen atoms in total. The second kappa shape index (κ2) is 5.55. The number of carbonyl (C=O) groups excluding carboxylic acids is 1. The zero-order valence-corrected chi connectivity index (χ0v) is 11.0. The highest BCUT2D eigenvalue weighted by Crippen LogP contribution is 2.27. The first kappa shape index (κ1) is 14.1. The van der Waals surface area contributed by atoms with Crippen molar-refractivity contribution in [2.24, 2.45) is 0 Å². The Labute approximate surface area is 104 Å². The number of esters is 1. The lowest BCUT2D eigenvalue weighted by Crippen LogP contribution is -2.29. The minimum Gasteiger partial charge on any atom is -0.459 e. The van der Waals surface area contributed by atoms with Crippen LogP contribution >= 0.6 is 0 Å². The van der Waals surface area contributed by atoms with Crippen LogP contribution in [0.1, 0.15) is 59.3 Å². The average Bonchev–Trinajstić information content (AvgIpc) is 2.15. The van der Waals surface area contributed by atoms with Gasteiger partial charge in [0.2, 0.25) is 0 Å². The van der Waals surface area contributed by atoms with Gasteiger partial charge in [0.25, 0.3) is 0 Å². The van der Waals surface area contributed by atoms with Gasteiger partial charge in [-0.2, -0.15) is 0 Å². The van der Waals surface area contributed by atoms with E-state index in [1.807, 2.05) is 20.8 Å². The van der Waals surface area contributed by atoms with Crippen molar-refractivity contribution in [2.75, 3.05) is 0 Å². The van der Waals surface area contributed by atoms with Crippen molar-refractivity contribution in [1.82, 2.24) is 0 Å². The fourth-order valence-electron chi connectivity index (χ4n) is 1.92. The second-order valence-electron chi connectivity index (χ2n) is 5.66. The highest BCUT2D eigenvalue weighted by molar-refractivity contribution is 5.72. The third kappa shape index (κ3) is 5.74. The van der Waals surface area contributed by atoms with E-state index < -0.39 is 11.2 Å². The zero-order valence-electron chi connectivity index (χ0n) is 11.0. The smallest absolute Gasteiger partial charge is 0.318 e. The van der Waals surface area contributed by atoms with E-state index in [-0.39, 0.29) is 12.4 Å². The highest BCUT2D eigenvalue weighted by atomic mass is 16.6. The lowest BCUT2D eigenvalue weighted by molar-refractivity contribution is -0.153.